The summed E-state index contributed by atoms with van der Waals surface area (Å²) in [6.07, 6.45) is -0.378. The van der Waals surface area contributed by atoms with Gasteiger partial charge < -0.3 is 19.5 Å². The van der Waals surface area contributed by atoms with E-state index in [1.54, 1.807) is 47.6 Å². The van der Waals surface area contributed by atoms with Gasteiger partial charge in [-0.25, -0.2) is 27.5 Å². The Balaban J connectivity index is 1.69. The number of ether oxygens (including phenoxy) is 3. The topological polar surface area (TPSA) is 87.0 Å². The van der Waals surface area contributed by atoms with Crippen LogP contribution in [0.5, 0.6) is 5.75 Å². The lowest BCUT2D eigenvalue weighted by Gasteiger charge is -2.23. The van der Waals surface area contributed by atoms with E-state index in [1.807, 2.05) is 0 Å². The lowest BCUT2D eigenvalue weighted by molar-refractivity contribution is 0.0541. The molecule has 46 heavy (non-hydrogen) atoms. The Morgan fingerprint density at radius 2 is 1.26 bits per heavy atom. The van der Waals surface area contributed by atoms with Gasteiger partial charge in [0.2, 0.25) is 0 Å². The van der Waals surface area contributed by atoms with Gasteiger partial charge in [-0.05, 0) is 104 Å². The monoisotopic (exact) mass is 634 g/mol. The standard InChI is InChI=1S/C35H40F2N4O5/c1-34(2,3)45-32(42)40-27-10-8-21(36)18-23(27)25-20-26-24-19-22(37)9-11-28(24)41(33(43)46-35(4,5)6)30(26)31(29(25)40)44-17-16-39-14-7-12-38-13-15-39/h8-11,18-20,38H,7,12-17H2,1-6H3. The van der Waals surface area contributed by atoms with Crippen LogP contribution in [0.1, 0.15) is 48.0 Å². The average Bonchev–Trinajstić information content (AvgIpc) is 3.30. The van der Waals surface area contributed by atoms with Gasteiger partial charge in [-0.1, -0.05) is 0 Å². The van der Waals surface area contributed by atoms with Gasteiger partial charge in [0.05, 0.1) is 11.0 Å². The SMILES string of the molecule is CC(C)(C)OC(=O)n1c2ccc(F)cc2c2cc3c4cc(F)ccc4n(C(=O)OC(C)(C)C)c3c(OCCN3CCCNCC3)c21. The van der Waals surface area contributed by atoms with Crippen molar-refractivity contribution in [1.29, 1.82) is 0 Å². The molecular weight excluding hydrogens is 594 g/mol. The van der Waals surface area contributed by atoms with Gasteiger partial charge in [-0.2, -0.15) is 0 Å². The predicted molar refractivity (Wildman–Crippen MR) is 175 cm³/mol. The molecule has 5 aromatic rings. The van der Waals surface area contributed by atoms with Crippen molar-refractivity contribution >= 4 is 55.8 Å². The third-order valence-electron chi connectivity index (χ3n) is 7.89. The predicted octanol–water partition coefficient (Wildman–Crippen LogP) is 7.42. The van der Waals surface area contributed by atoms with Gasteiger partial charge in [-0.3, -0.25) is 4.90 Å². The highest BCUT2D eigenvalue weighted by Gasteiger charge is 2.31. The maximum atomic E-state index is 14.8. The molecule has 1 aliphatic rings. The van der Waals surface area contributed by atoms with E-state index in [0.717, 1.165) is 32.6 Å². The average molecular weight is 635 g/mol. The normalized spacial score (nSPS) is 15.1. The molecule has 0 spiro atoms. The summed E-state index contributed by atoms with van der Waals surface area (Å²) in [5.74, 6) is -0.768. The Hall–Kier alpha value is -4.22. The van der Waals surface area contributed by atoms with E-state index >= 15 is 0 Å². The molecule has 0 bridgehead atoms. The zero-order chi connectivity index (χ0) is 33.0. The number of hydrogen-bond donors (Lipinski definition) is 1. The molecule has 0 amide bonds. The minimum Gasteiger partial charge on any atom is -0.488 e. The van der Waals surface area contributed by atoms with Crippen LogP contribution in [0, 0.1) is 11.6 Å². The zero-order valence-corrected chi connectivity index (χ0v) is 27.1. The highest BCUT2D eigenvalue weighted by Crippen LogP contribution is 2.45. The molecule has 244 valence electrons. The molecule has 1 saturated heterocycles. The zero-order valence-electron chi connectivity index (χ0n) is 27.1. The molecule has 1 aliphatic heterocycles. The molecular formula is C35H40F2N4O5. The number of carbonyl (C=O) groups excluding carboxylic acids is 2. The van der Waals surface area contributed by atoms with Crippen LogP contribution in [0.15, 0.2) is 42.5 Å². The largest absolute Gasteiger partial charge is 0.488 e. The Bertz CT molecular complexity index is 1850. The summed E-state index contributed by atoms with van der Waals surface area (Å²) in [5.41, 5.74) is -0.243. The van der Waals surface area contributed by atoms with E-state index in [4.69, 9.17) is 14.2 Å². The molecule has 9 nitrogen and oxygen atoms in total. The first kappa shape index (κ1) is 31.7. The van der Waals surface area contributed by atoms with Gasteiger partial charge in [0, 0.05) is 41.2 Å². The van der Waals surface area contributed by atoms with Crippen molar-refractivity contribution in [3.63, 3.8) is 0 Å². The number of carbonyl (C=O) groups is 2. The summed E-state index contributed by atoms with van der Waals surface area (Å²) in [7, 11) is 0. The number of fused-ring (bicyclic) bond motifs is 6. The number of halogens is 2. The Morgan fingerprint density at radius 1 is 0.739 bits per heavy atom. The minimum atomic E-state index is -0.838. The van der Waals surface area contributed by atoms with Gasteiger partial charge in [0.25, 0.3) is 0 Å². The van der Waals surface area contributed by atoms with Crippen LogP contribution in [-0.2, 0) is 9.47 Å². The highest BCUT2D eigenvalue weighted by molar-refractivity contribution is 6.24. The van der Waals surface area contributed by atoms with Gasteiger partial charge in [0.1, 0.15) is 40.5 Å². The Kier molecular flexibility index (Phi) is 8.18. The van der Waals surface area contributed by atoms with Crippen molar-refractivity contribution in [1.82, 2.24) is 19.4 Å². The smallest absolute Gasteiger partial charge is 0.419 e. The van der Waals surface area contributed by atoms with E-state index in [0.29, 0.717) is 50.2 Å². The Labute approximate surface area is 265 Å². The second-order valence-corrected chi connectivity index (χ2v) is 13.7. The molecule has 2 aromatic heterocycles. The highest BCUT2D eigenvalue weighted by atomic mass is 19.1. The number of nitrogens with one attached hydrogen (secondary N) is 1. The molecule has 0 atom stereocenters. The van der Waals surface area contributed by atoms with Crippen molar-refractivity contribution in [2.45, 2.75) is 59.2 Å². The van der Waals surface area contributed by atoms with Crippen LogP contribution in [0.3, 0.4) is 0 Å². The van der Waals surface area contributed by atoms with Gasteiger partial charge in [0.15, 0.2) is 5.75 Å². The summed E-state index contributed by atoms with van der Waals surface area (Å²) in [4.78, 5) is 30.2. The molecule has 3 aromatic carbocycles. The molecule has 11 heteroatoms. The first-order chi connectivity index (χ1) is 21.7. The van der Waals surface area contributed by atoms with Crippen LogP contribution >= 0.6 is 0 Å². The maximum Gasteiger partial charge on any atom is 0.419 e. The molecule has 3 heterocycles. The summed E-state index contributed by atoms with van der Waals surface area (Å²) >= 11 is 0. The van der Waals surface area contributed by atoms with E-state index in [1.165, 1.54) is 45.5 Å². The van der Waals surface area contributed by atoms with Gasteiger partial charge in [-0.15, -0.1) is 0 Å². The van der Waals surface area contributed by atoms with Crippen molar-refractivity contribution in [3.05, 3.63) is 54.1 Å². The van der Waals surface area contributed by atoms with Crippen molar-refractivity contribution < 1.29 is 32.6 Å². The second kappa shape index (κ2) is 11.9. The van der Waals surface area contributed by atoms with Crippen LogP contribution in [0.2, 0.25) is 0 Å². The number of rotatable bonds is 4. The van der Waals surface area contributed by atoms with Crippen LogP contribution in [-0.4, -0.2) is 76.8 Å². The number of aromatic nitrogens is 2. The van der Waals surface area contributed by atoms with E-state index < -0.39 is 35.0 Å². The fraction of sp³-hybridized carbons (Fsp3) is 0.429. The molecule has 6 rings (SSSR count). The molecule has 0 radical (unpaired) electrons. The lowest BCUT2D eigenvalue weighted by Crippen LogP contribution is -2.32. The molecule has 0 saturated carbocycles. The molecule has 0 unspecified atom stereocenters. The maximum absolute atomic E-state index is 14.8. The van der Waals surface area contributed by atoms with Gasteiger partial charge >= 0.3 is 12.2 Å². The summed E-state index contributed by atoms with van der Waals surface area (Å²) in [5, 5.41) is 5.28. The Morgan fingerprint density at radius 3 is 1.76 bits per heavy atom. The fourth-order valence-corrected chi connectivity index (χ4v) is 6.10. The molecule has 1 fully saturated rings. The van der Waals surface area contributed by atoms with E-state index in [-0.39, 0.29) is 12.4 Å². The first-order valence-electron chi connectivity index (χ1n) is 15.6. The number of hydrogen-bond acceptors (Lipinski definition) is 7. The summed E-state index contributed by atoms with van der Waals surface area (Å²) in [6.45, 7) is 14.9. The summed E-state index contributed by atoms with van der Waals surface area (Å²) < 4.78 is 50.6. The van der Waals surface area contributed by atoms with Crippen LogP contribution < -0.4 is 10.1 Å². The van der Waals surface area contributed by atoms with Crippen molar-refractivity contribution in [2.75, 3.05) is 39.3 Å². The van der Waals surface area contributed by atoms with Crippen LogP contribution in [0.25, 0.3) is 43.6 Å². The molecule has 0 aliphatic carbocycles. The quantitative estimate of drug-likeness (QED) is 0.220. The van der Waals surface area contributed by atoms with E-state index in [2.05, 4.69) is 10.2 Å². The van der Waals surface area contributed by atoms with E-state index in [9.17, 15) is 18.4 Å². The minimum absolute atomic E-state index is 0.213. The second-order valence-electron chi connectivity index (χ2n) is 13.7. The van der Waals surface area contributed by atoms with Crippen molar-refractivity contribution in [2.24, 2.45) is 0 Å². The summed E-state index contributed by atoms with van der Waals surface area (Å²) in [6, 6.07) is 10.1. The fourth-order valence-electron chi connectivity index (χ4n) is 6.10. The third-order valence-corrected chi connectivity index (χ3v) is 7.89. The van der Waals surface area contributed by atoms with Crippen LogP contribution in [0.4, 0.5) is 18.4 Å². The number of benzene rings is 3. The molecule has 1 N–H and O–H groups in total. The lowest BCUT2D eigenvalue weighted by atomic mass is 10.1. The van der Waals surface area contributed by atoms with Crippen molar-refractivity contribution in [3.8, 4) is 5.75 Å². The third kappa shape index (κ3) is 6.13. The first-order valence-corrected chi connectivity index (χ1v) is 15.6. The number of nitrogens with zero attached hydrogens (tertiary/aromatic N) is 3.